The number of amides is 2. The van der Waals surface area contributed by atoms with Gasteiger partial charge < -0.3 is 20.2 Å². The molecule has 2 aliphatic rings. The largest absolute Gasteiger partial charge is 0.481 e. The van der Waals surface area contributed by atoms with Gasteiger partial charge in [0.25, 0.3) is 0 Å². The van der Waals surface area contributed by atoms with Crippen molar-refractivity contribution in [2.45, 2.75) is 57.9 Å². The Morgan fingerprint density at radius 3 is 2.48 bits per heavy atom. The van der Waals surface area contributed by atoms with Crippen molar-refractivity contribution in [3.63, 3.8) is 0 Å². The number of aryl methyl sites for hydroxylation is 2. The molecule has 0 aliphatic carbocycles. The molecule has 1 aromatic rings. The van der Waals surface area contributed by atoms with Gasteiger partial charge in [-0.1, -0.05) is 0 Å². The van der Waals surface area contributed by atoms with Crippen LogP contribution in [0.4, 0.5) is 5.82 Å². The number of hydrogen-bond donors (Lipinski definition) is 2. The van der Waals surface area contributed by atoms with Gasteiger partial charge in [0.1, 0.15) is 5.82 Å². The molecule has 2 N–H and O–H groups in total. The molecule has 0 aromatic carbocycles. The van der Waals surface area contributed by atoms with Crippen LogP contribution in [0.3, 0.4) is 0 Å². The van der Waals surface area contributed by atoms with E-state index in [1.807, 2.05) is 18.7 Å². The number of anilines is 1. The molecule has 0 spiro atoms. The van der Waals surface area contributed by atoms with E-state index < -0.39 is 11.5 Å². The summed E-state index contributed by atoms with van der Waals surface area (Å²) in [6, 6.07) is 0. The van der Waals surface area contributed by atoms with Crippen LogP contribution in [0.25, 0.3) is 0 Å². The van der Waals surface area contributed by atoms with E-state index in [0.29, 0.717) is 58.3 Å². The van der Waals surface area contributed by atoms with Gasteiger partial charge in [-0.2, -0.15) is 0 Å². The summed E-state index contributed by atoms with van der Waals surface area (Å²) in [7, 11) is 0. The molecule has 2 saturated heterocycles. The molecule has 2 aliphatic heterocycles. The molecule has 29 heavy (non-hydrogen) atoms. The predicted octanol–water partition coefficient (Wildman–Crippen LogP) is 1.04. The summed E-state index contributed by atoms with van der Waals surface area (Å²) in [6.45, 7) is 6.48. The second-order valence-corrected chi connectivity index (χ2v) is 8.01. The summed E-state index contributed by atoms with van der Waals surface area (Å²) in [4.78, 5) is 48.3. The van der Waals surface area contributed by atoms with Crippen LogP contribution in [0.2, 0.25) is 0 Å². The fourth-order valence-corrected chi connectivity index (χ4v) is 4.12. The van der Waals surface area contributed by atoms with Gasteiger partial charge >= 0.3 is 5.97 Å². The first-order valence-corrected chi connectivity index (χ1v) is 10.1. The van der Waals surface area contributed by atoms with Gasteiger partial charge in [-0.25, -0.2) is 4.98 Å². The third-order valence-corrected chi connectivity index (χ3v) is 5.85. The Bertz CT molecular complexity index is 791. The number of hydrogen-bond acceptors (Lipinski definition) is 6. The van der Waals surface area contributed by atoms with Gasteiger partial charge in [-0.05, 0) is 33.1 Å². The van der Waals surface area contributed by atoms with Crippen LogP contribution in [0.15, 0.2) is 6.20 Å². The van der Waals surface area contributed by atoms with E-state index >= 15 is 0 Å². The summed E-state index contributed by atoms with van der Waals surface area (Å²) < 4.78 is 0. The normalized spacial score (nSPS) is 21.9. The van der Waals surface area contributed by atoms with Crippen LogP contribution in [0, 0.1) is 13.8 Å². The van der Waals surface area contributed by atoms with Gasteiger partial charge in [0.05, 0.1) is 11.4 Å². The number of carbonyl (C=O) groups is 3. The van der Waals surface area contributed by atoms with Crippen molar-refractivity contribution >= 4 is 23.6 Å². The second-order valence-electron chi connectivity index (χ2n) is 8.01. The fraction of sp³-hybridized carbons (Fsp3) is 0.650. The van der Waals surface area contributed by atoms with E-state index in [1.54, 1.807) is 6.20 Å². The van der Waals surface area contributed by atoms with Gasteiger partial charge in [0.15, 0.2) is 0 Å². The average Bonchev–Trinajstić information content (AvgIpc) is 3.08. The minimum atomic E-state index is -0.887. The Hall–Kier alpha value is -2.71. The number of nitrogens with zero attached hydrogens (tertiary/aromatic N) is 4. The molecule has 158 valence electrons. The molecule has 9 heteroatoms. The highest BCUT2D eigenvalue weighted by Gasteiger charge is 2.38. The number of carbonyl (C=O) groups excluding carboxylic acids is 2. The highest BCUT2D eigenvalue weighted by molar-refractivity contribution is 5.80. The third kappa shape index (κ3) is 5.21. The first kappa shape index (κ1) is 21.0. The zero-order valence-electron chi connectivity index (χ0n) is 17.1. The van der Waals surface area contributed by atoms with Crippen molar-refractivity contribution in [2.75, 3.05) is 31.1 Å². The van der Waals surface area contributed by atoms with Crippen molar-refractivity contribution < 1.29 is 19.5 Å². The maximum Gasteiger partial charge on any atom is 0.303 e. The maximum atomic E-state index is 12.7. The summed E-state index contributed by atoms with van der Waals surface area (Å²) in [5, 5.41) is 11.9. The van der Waals surface area contributed by atoms with E-state index in [9.17, 15) is 14.4 Å². The Balaban J connectivity index is 1.53. The van der Waals surface area contributed by atoms with Crippen molar-refractivity contribution in [3.8, 4) is 0 Å². The molecule has 0 bridgehead atoms. The zero-order chi connectivity index (χ0) is 21.0. The number of carboxylic acids is 1. The minimum absolute atomic E-state index is 0.00990. The van der Waals surface area contributed by atoms with Crippen molar-refractivity contribution in [3.05, 3.63) is 17.6 Å². The maximum absolute atomic E-state index is 12.7. The van der Waals surface area contributed by atoms with Gasteiger partial charge in [-0.3, -0.25) is 19.4 Å². The van der Waals surface area contributed by atoms with Crippen LogP contribution < -0.4 is 10.2 Å². The molecule has 3 heterocycles. The Morgan fingerprint density at radius 2 is 1.86 bits per heavy atom. The molecule has 2 fully saturated rings. The van der Waals surface area contributed by atoms with E-state index in [4.69, 9.17) is 5.11 Å². The monoisotopic (exact) mass is 403 g/mol. The molecule has 2 amide bonds. The third-order valence-electron chi connectivity index (χ3n) is 5.85. The SMILES string of the molecule is Cc1cnc(C)c(N2CCN(C(=O)CC[C@]3(CCC(=O)O)CCC(=O)N3)CC2)n1. The second kappa shape index (κ2) is 8.75. The lowest BCUT2D eigenvalue weighted by atomic mass is 9.86. The molecular formula is C20H29N5O4. The summed E-state index contributed by atoms with van der Waals surface area (Å²) >= 11 is 0. The first-order chi connectivity index (χ1) is 13.8. The van der Waals surface area contributed by atoms with Gasteiger partial charge in [0.2, 0.25) is 11.8 Å². The lowest BCUT2D eigenvalue weighted by Gasteiger charge is -2.36. The lowest BCUT2D eigenvalue weighted by molar-refractivity contribution is -0.137. The molecule has 0 saturated carbocycles. The van der Waals surface area contributed by atoms with Crippen molar-refractivity contribution in [1.82, 2.24) is 20.2 Å². The minimum Gasteiger partial charge on any atom is -0.481 e. The standard InChI is InChI=1S/C20H29N5O4/c1-14-13-21-15(2)19(22-14)25-11-9-24(10-12-25)17(27)4-7-20(8-5-18(28)29)6-3-16(26)23-20/h13H,3-12H2,1-2H3,(H,23,26)(H,28,29)/t20-/m0/s1. The number of piperazine rings is 1. The quantitative estimate of drug-likeness (QED) is 0.699. The predicted molar refractivity (Wildman–Crippen MR) is 107 cm³/mol. The number of aromatic nitrogens is 2. The molecular weight excluding hydrogens is 374 g/mol. The Kier molecular flexibility index (Phi) is 6.34. The van der Waals surface area contributed by atoms with Gasteiger partial charge in [-0.15, -0.1) is 0 Å². The van der Waals surface area contributed by atoms with Crippen molar-refractivity contribution in [1.29, 1.82) is 0 Å². The molecule has 9 nitrogen and oxygen atoms in total. The number of aliphatic carboxylic acids is 1. The first-order valence-electron chi connectivity index (χ1n) is 10.1. The summed E-state index contributed by atoms with van der Waals surface area (Å²) in [6.07, 6.45) is 3.87. The van der Waals surface area contributed by atoms with E-state index in [2.05, 4.69) is 20.2 Å². The van der Waals surface area contributed by atoms with E-state index in [1.165, 1.54) is 0 Å². The Morgan fingerprint density at radius 1 is 1.17 bits per heavy atom. The zero-order valence-corrected chi connectivity index (χ0v) is 17.1. The molecule has 1 aromatic heterocycles. The van der Waals surface area contributed by atoms with E-state index in [-0.39, 0.29) is 18.2 Å². The highest BCUT2D eigenvalue weighted by atomic mass is 16.4. The van der Waals surface area contributed by atoms with Crippen LogP contribution in [0.1, 0.15) is 49.9 Å². The lowest BCUT2D eigenvalue weighted by Crippen LogP contribution is -2.50. The highest BCUT2D eigenvalue weighted by Crippen LogP contribution is 2.30. The molecule has 3 rings (SSSR count). The fourth-order valence-electron chi connectivity index (χ4n) is 4.12. The van der Waals surface area contributed by atoms with Gasteiger partial charge in [0, 0.05) is 57.2 Å². The average molecular weight is 403 g/mol. The molecule has 0 unspecified atom stereocenters. The molecule has 1 atom stereocenters. The van der Waals surface area contributed by atoms with Crippen LogP contribution in [-0.2, 0) is 14.4 Å². The topological polar surface area (TPSA) is 116 Å². The number of rotatable bonds is 7. The Labute approximate surface area is 170 Å². The van der Waals surface area contributed by atoms with Crippen molar-refractivity contribution in [2.24, 2.45) is 0 Å². The summed E-state index contributed by atoms with van der Waals surface area (Å²) in [5.74, 6) is -0.0282. The van der Waals surface area contributed by atoms with Crippen LogP contribution in [-0.4, -0.2) is 69.5 Å². The summed E-state index contributed by atoms with van der Waals surface area (Å²) in [5.41, 5.74) is 1.18. The van der Waals surface area contributed by atoms with Crippen LogP contribution >= 0.6 is 0 Å². The van der Waals surface area contributed by atoms with E-state index in [0.717, 1.165) is 17.2 Å². The van der Waals surface area contributed by atoms with Crippen LogP contribution in [0.5, 0.6) is 0 Å². The number of carboxylic acid groups (broad SMARTS) is 1. The number of nitrogens with one attached hydrogen (secondary N) is 1. The molecule has 0 radical (unpaired) electrons. The smallest absolute Gasteiger partial charge is 0.303 e.